The van der Waals surface area contributed by atoms with Gasteiger partial charge >= 0.3 is 0 Å². The molecule has 160 valence electrons. The van der Waals surface area contributed by atoms with Crippen LogP contribution in [0, 0.1) is 0 Å². The molecular formula is C30H24ClNSi. The molecule has 0 amide bonds. The molecule has 0 N–H and O–H groups in total. The minimum Gasteiger partial charge on any atom is -0.311 e. The van der Waals surface area contributed by atoms with E-state index in [2.05, 4.69) is 132 Å². The van der Waals surface area contributed by atoms with Gasteiger partial charge in [0.1, 0.15) is 0 Å². The molecule has 0 spiro atoms. The molecule has 1 aliphatic heterocycles. The highest BCUT2D eigenvalue weighted by Gasteiger charge is 2.50. The fourth-order valence-electron chi connectivity index (χ4n) is 5.55. The Morgan fingerprint density at radius 1 is 0.667 bits per heavy atom. The van der Waals surface area contributed by atoms with Crippen molar-refractivity contribution in [3.05, 3.63) is 138 Å². The van der Waals surface area contributed by atoms with E-state index in [0.29, 0.717) is 0 Å². The fourth-order valence-corrected chi connectivity index (χ4v) is 11.3. The van der Waals surface area contributed by atoms with Crippen molar-refractivity contribution in [1.29, 1.82) is 0 Å². The lowest BCUT2D eigenvalue weighted by Crippen LogP contribution is -2.71. The number of anilines is 2. The molecule has 0 aromatic heterocycles. The van der Waals surface area contributed by atoms with E-state index in [0.717, 1.165) is 6.42 Å². The molecule has 3 heteroatoms. The average Bonchev–Trinajstić information content (AvgIpc) is 2.89. The number of nitrogens with zero attached hydrogens (tertiary/aromatic N) is 1. The zero-order valence-corrected chi connectivity index (χ0v) is 20.0. The summed E-state index contributed by atoms with van der Waals surface area (Å²) in [5, 5.41) is 5.70. The van der Waals surface area contributed by atoms with E-state index in [9.17, 15) is 0 Å². The van der Waals surface area contributed by atoms with Crippen molar-refractivity contribution in [2.24, 2.45) is 0 Å². The molecule has 1 nitrogen and oxygen atoms in total. The molecule has 1 atom stereocenters. The van der Waals surface area contributed by atoms with Crippen LogP contribution in [0.3, 0.4) is 0 Å². The maximum atomic E-state index is 6.84. The fraction of sp³-hybridized carbons (Fsp3) is 0.0667. The summed E-state index contributed by atoms with van der Waals surface area (Å²) < 4.78 is 0. The van der Waals surface area contributed by atoms with Gasteiger partial charge in [-0.1, -0.05) is 103 Å². The monoisotopic (exact) mass is 461 g/mol. The largest absolute Gasteiger partial charge is 0.311 e. The molecule has 1 aliphatic carbocycles. The van der Waals surface area contributed by atoms with E-state index in [1.807, 2.05) is 0 Å². The minimum absolute atomic E-state index is 0.00839. The van der Waals surface area contributed by atoms with Crippen LogP contribution in [0.25, 0.3) is 0 Å². The first kappa shape index (κ1) is 20.3. The third kappa shape index (κ3) is 3.13. The van der Waals surface area contributed by atoms with E-state index in [4.69, 9.17) is 11.6 Å². The Morgan fingerprint density at radius 2 is 1.21 bits per heavy atom. The Labute approximate surface area is 201 Å². The Bertz CT molecular complexity index is 1310. The number of para-hydroxylation sites is 2. The van der Waals surface area contributed by atoms with Crippen LogP contribution in [-0.4, -0.2) is 13.5 Å². The number of rotatable bonds is 3. The Hall–Kier alpha value is -3.33. The normalized spacial score (nSPS) is 18.6. The SMILES string of the molecule is ClC1C=CC2=C(C1)[Si](c1ccccc1)(c1ccccc1)c1ccccc1N2c1ccccc1. The second-order valence-corrected chi connectivity index (χ2v) is 13.0. The third-order valence-corrected chi connectivity index (χ3v) is 12.1. The zero-order valence-electron chi connectivity index (χ0n) is 18.2. The van der Waals surface area contributed by atoms with Gasteiger partial charge in [-0.25, -0.2) is 0 Å². The summed E-state index contributed by atoms with van der Waals surface area (Å²) in [5.74, 6) is 0. The topological polar surface area (TPSA) is 3.24 Å². The van der Waals surface area contributed by atoms with Crippen molar-refractivity contribution in [3.63, 3.8) is 0 Å². The predicted octanol–water partition coefficient (Wildman–Crippen LogP) is 5.67. The molecule has 0 bridgehead atoms. The highest BCUT2D eigenvalue weighted by Crippen LogP contribution is 2.42. The average molecular weight is 462 g/mol. The summed E-state index contributed by atoms with van der Waals surface area (Å²) in [6.07, 6.45) is 5.26. The smallest absolute Gasteiger partial charge is 0.180 e. The van der Waals surface area contributed by atoms with Crippen molar-refractivity contribution < 1.29 is 0 Å². The molecule has 0 saturated carbocycles. The molecule has 0 saturated heterocycles. The number of hydrogen-bond acceptors (Lipinski definition) is 1. The lowest BCUT2D eigenvalue weighted by atomic mass is 10.1. The molecule has 6 rings (SSSR count). The number of alkyl halides is 1. The van der Waals surface area contributed by atoms with Crippen LogP contribution in [0.5, 0.6) is 0 Å². The molecule has 0 fully saturated rings. The molecule has 4 aromatic rings. The quantitative estimate of drug-likeness (QED) is 0.280. The minimum atomic E-state index is -2.53. The van der Waals surface area contributed by atoms with Crippen molar-refractivity contribution in [3.8, 4) is 0 Å². The molecular weight excluding hydrogens is 438 g/mol. The maximum absolute atomic E-state index is 6.84. The van der Waals surface area contributed by atoms with Gasteiger partial charge < -0.3 is 4.90 Å². The molecule has 33 heavy (non-hydrogen) atoms. The molecule has 1 unspecified atom stereocenters. The Balaban J connectivity index is 1.77. The number of allylic oxidation sites excluding steroid dienone is 3. The second kappa shape index (κ2) is 8.22. The van der Waals surface area contributed by atoms with Crippen LogP contribution >= 0.6 is 11.6 Å². The highest BCUT2D eigenvalue weighted by molar-refractivity contribution is 7.17. The van der Waals surface area contributed by atoms with Gasteiger partial charge in [0.05, 0.1) is 5.38 Å². The van der Waals surface area contributed by atoms with Gasteiger partial charge in [-0.2, -0.15) is 0 Å². The van der Waals surface area contributed by atoms with Crippen molar-refractivity contribution in [2.75, 3.05) is 4.90 Å². The first-order valence-electron chi connectivity index (χ1n) is 11.4. The van der Waals surface area contributed by atoms with Crippen LogP contribution in [0.4, 0.5) is 11.4 Å². The first-order chi connectivity index (χ1) is 16.3. The van der Waals surface area contributed by atoms with Crippen molar-refractivity contribution in [2.45, 2.75) is 11.8 Å². The van der Waals surface area contributed by atoms with E-state index >= 15 is 0 Å². The van der Waals surface area contributed by atoms with Gasteiger partial charge in [0.2, 0.25) is 0 Å². The molecule has 2 aliphatic rings. The van der Waals surface area contributed by atoms with Crippen LogP contribution in [0.2, 0.25) is 0 Å². The Kier molecular flexibility index (Phi) is 5.05. The second-order valence-electron chi connectivity index (χ2n) is 8.61. The van der Waals surface area contributed by atoms with Gasteiger partial charge in [-0.15, -0.1) is 11.6 Å². The van der Waals surface area contributed by atoms with E-state index < -0.39 is 8.07 Å². The van der Waals surface area contributed by atoms with Crippen molar-refractivity contribution >= 4 is 46.6 Å². The van der Waals surface area contributed by atoms with E-state index in [1.54, 1.807) is 0 Å². The summed E-state index contributed by atoms with van der Waals surface area (Å²) in [5.41, 5.74) is 3.72. The first-order valence-corrected chi connectivity index (χ1v) is 13.9. The van der Waals surface area contributed by atoms with E-state index in [1.165, 1.54) is 37.8 Å². The van der Waals surface area contributed by atoms with Crippen LogP contribution in [0.15, 0.2) is 138 Å². The number of halogens is 1. The molecule has 0 radical (unpaired) electrons. The predicted molar refractivity (Wildman–Crippen MR) is 143 cm³/mol. The number of fused-ring (bicyclic) bond motifs is 1. The third-order valence-electron chi connectivity index (χ3n) is 6.84. The van der Waals surface area contributed by atoms with Gasteiger partial charge in [-0.05, 0) is 51.5 Å². The number of hydrogen-bond donors (Lipinski definition) is 0. The standard InChI is InChI=1S/C30H24ClNSi/c31-23-20-21-28-30(22-23)33(25-14-6-2-7-15-25,26-16-8-3-9-17-26)29-19-11-10-18-27(29)32(28)24-12-4-1-5-13-24/h1-21,23H,22H2. The maximum Gasteiger partial charge on any atom is 0.180 e. The molecule has 1 heterocycles. The lowest BCUT2D eigenvalue weighted by molar-refractivity contribution is 0.970. The summed E-state index contributed by atoms with van der Waals surface area (Å²) in [6.45, 7) is 0. The highest BCUT2D eigenvalue weighted by atomic mass is 35.5. The summed E-state index contributed by atoms with van der Waals surface area (Å²) in [6, 6.07) is 41.9. The lowest BCUT2D eigenvalue weighted by Gasteiger charge is -2.47. The number of benzene rings is 4. The van der Waals surface area contributed by atoms with Crippen LogP contribution in [-0.2, 0) is 0 Å². The summed E-state index contributed by atoms with van der Waals surface area (Å²) in [4.78, 5) is 2.43. The Morgan fingerprint density at radius 3 is 1.85 bits per heavy atom. The van der Waals surface area contributed by atoms with Gasteiger partial charge in [0, 0.05) is 17.1 Å². The van der Waals surface area contributed by atoms with Gasteiger partial charge in [-0.3, -0.25) is 0 Å². The zero-order chi connectivity index (χ0) is 22.3. The van der Waals surface area contributed by atoms with E-state index in [-0.39, 0.29) is 5.38 Å². The van der Waals surface area contributed by atoms with Gasteiger partial charge in [0.25, 0.3) is 0 Å². The van der Waals surface area contributed by atoms with Crippen LogP contribution < -0.4 is 20.5 Å². The van der Waals surface area contributed by atoms with Crippen LogP contribution in [0.1, 0.15) is 6.42 Å². The summed E-state index contributed by atoms with van der Waals surface area (Å²) in [7, 11) is -2.53. The summed E-state index contributed by atoms with van der Waals surface area (Å²) >= 11 is 6.84. The van der Waals surface area contributed by atoms with Gasteiger partial charge in [0.15, 0.2) is 8.07 Å². The molecule has 4 aromatic carbocycles. The van der Waals surface area contributed by atoms with Crippen molar-refractivity contribution in [1.82, 2.24) is 0 Å².